The molecule has 164 valence electrons. The number of nitro benzene ring substituents is 2. The zero-order chi connectivity index (χ0) is 23.0. The van der Waals surface area contributed by atoms with Gasteiger partial charge in [0.15, 0.2) is 23.9 Å². The SMILES string of the molecule is CCOc1cc(C=NNC(=O)COc2c(OC)cc([N+](=O)[O-])cc2[N+](=O)[O-])ccc1O. The Morgan fingerprint density at radius 3 is 2.52 bits per heavy atom. The fourth-order valence-electron chi connectivity index (χ4n) is 2.34. The van der Waals surface area contributed by atoms with Gasteiger partial charge in [-0.3, -0.25) is 25.0 Å². The Kier molecular flexibility index (Phi) is 7.66. The second-order valence-corrected chi connectivity index (χ2v) is 5.75. The third-order valence-electron chi connectivity index (χ3n) is 3.68. The number of nitrogens with zero attached hydrogens (tertiary/aromatic N) is 3. The van der Waals surface area contributed by atoms with Crippen LogP contribution in [0.15, 0.2) is 35.4 Å². The van der Waals surface area contributed by atoms with Gasteiger partial charge in [-0.05, 0) is 30.7 Å². The summed E-state index contributed by atoms with van der Waals surface area (Å²) in [6.07, 6.45) is 1.29. The zero-order valence-electron chi connectivity index (χ0n) is 16.4. The molecule has 13 nitrogen and oxygen atoms in total. The summed E-state index contributed by atoms with van der Waals surface area (Å²) in [5.41, 5.74) is 1.40. The lowest BCUT2D eigenvalue weighted by Gasteiger charge is -2.10. The number of non-ortho nitro benzene ring substituents is 1. The Balaban J connectivity index is 2.07. The van der Waals surface area contributed by atoms with Crippen molar-refractivity contribution in [2.24, 2.45) is 5.10 Å². The van der Waals surface area contributed by atoms with E-state index in [1.165, 1.54) is 24.4 Å². The normalized spacial score (nSPS) is 10.5. The highest BCUT2D eigenvalue weighted by molar-refractivity contribution is 5.83. The number of aromatic hydroxyl groups is 1. The number of methoxy groups -OCH3 is 1. The van der Waals surface area contributed by atoms with Crippen LogP contribution in [-0.2, 0) is 4.79 Å². The Hall–Kier alpha value is -4.42. The lowest BCUT2D eigenvalue weighted by atomic mass is 10.2. The van der Waals surface area contributed by atoms with E-state index in [1.54, 1.807) is 6.92 Å². The number of benzene rings is 2. The summed E-state index contributed by atoms with van der Waals surface area (Å²) < 4.78 is 15.3. The minimum absolute atomic E-state index is 0.0462. The predicted octanol–water partition coefficient (Wildman–Crippen LogP) is 2.15. The quantitative estimate of drug-likeness (QED) is 0.322. The van der Waals surface area contributed by atoms with Gasteiger partial charge in [-0.15, -0.1) is 0 Å². The number of carbonyl (C=O) groups excluding carboxylic acids is 1. The van der Waals surface area contributed by atoms with E-state index in [2.05, 4.69) is 10.5 Å². The number of hydrogen-bond donors (Lipinski definition) is 2. The van der Waals surface area contributed by atoms with Crippen molar-refractivity contribution in [2.75, 3.05) is 20.3 Å². The number of ether oxygens (including phenoxy) is 3. The molecular formula is C18H18N4O9. The van der Waals surface area contributed by atoms with Gasteiger partial charge in [0.1, 0.15) is 0 Å². The van der Waals surface area contributed by atoms with E-state index < -0.39 is 39.5 Å². The summed E-state index contributed by atoms with van der Waals surface area (Å²) in [5, 5.41) is 35.5. The van der Waals surface area contributed by atoms with Gasteiger partial charge in [-0.1, -0.05) is 0 Å². The Morgan fingerprint density at radius 2 is 1.90 bits per heavy atom. The molecule has 0 aliphatic heterocycles. The third-order valence-corrected chi connectivity index (χ3v) is 3.68. The van der Waals surface area contributed by atoms with Crippen molar-refractivity contribution in [1.82, 2.24) is 5.43 Å². The monoisotopic (exact) mass is 434 g/mol. The molecule has 0 saturated carbocycles. The van der Waals surface area contributed by atoms with Gasteiger partial charge in [0.25, 0.3) is 11.6 Å². The average Bonchev–Trinajstić information content (AvgIpc) is 2.73. The summed E-state index contributed by atoms with van der Waals surface area (Å²) in [4.78, 5) is 32.4. The highest BCUT2D eigenvalue weighted by atomic mass is 16.6. The molecule has 0 unspecified atom stereocenters. The first-order chi connectivity index (χ1) is 14.8. The topological polar surface area (TPSA) is 176 Å². The fourth-order valence-corrected chi connectivity index (χ4v) is 2.34. The van der Waals surface area contributed by atoms with Gasteiger partial charge in [-0.2, -0.15) is 5.10 Å². The number of nitrogens with one attached hydrogen (secondary N) is 1. The average molecular weight is 434 g/mol. The van der Waals surface area contributed by atoms with Gasteiger partial charge in [-0.25, -0.2) is 5.43 Å². The van der Waals surface area contributed by atoms with Gasteiger partial charge >= 0.3 is 5.69 Å². The third kappa shape index (κ3) is 6.03. The second-order valence-electron chi connectivity index (χ2n) is 5.75. The van der Waals surface area contributed by atoms with Crippen LogP contribution in [0.25, 0.3) is 0 Å². The molecule has 2 aromatic rings. The van der Waals surface area contributed by atoms with Gasteiger partial charge < -0.3 is 19.3 Å². The first-order valence-corrected chi connectivity index (χ1v) is 8.68. The van der Waals surface area contributed by atoms with E-state index in [4.69, 9.17) is 14.2 Å². The molecule has 13 heteroatoms. The molecule has 0 spiro atoms. The van der Waals surface area contributed by atoms with Crippen LogP contribution in [0.5, 0.6) is 23.0 Å². The van der Waals surface area contributed by atoms with Crippen molar-refractivity contribution < 1.29 is 34.0 Å². The van der Waals surface area contributed by atoms with E-state index >= 15 is 0 Å². The van der Waals surface area contributed by atoms with Gasteiger partial charge in [0, 0.05) is 0 Å². The predicted molar refractivity (Wildman–Crippen MR) is 107 cm³/mol. The van der Waals surface area contributed by atoms with Crippen molar-refractivity contribution in [3.63, 3.8) is 0 Å². The molecular weight excluding hydrogens is 416 g/mol. The fraction of sp³-hybridized carbons (Fsp3) is 0.222. The van der Waals surface area contributed by atoms with Crippen LogP contribution in [0, 0.1) is 20.2 Å². The molecule has 0 bridgehead atoms. The summed E-state index contributed by atoms with van der Waals surface area (Å²) in [5.74, 6) is -1.26. The zero-order valence-corrected chi connectivity index (χ0v) is 16.4. The van der Waals surface area contributed by atoms with Crippen LogP contribution in [0.3, 0.4) is 0 Å². The number of phenolic OH excluding ortho intramolecular Hbond substituents is 1. The molecule has 2 N–H and O–H groups in total. The summed E-state index contributed by atoms with van der Waals surface area (Å²) in [7, 11) is 1.15. The van der Waals surface area contributed by atoms with E-state index in [0.717, 1.165) is 13.2 Å². The van der Waals surface area contributed by atoms with Crippen molar-refractivity contribution in [2.45, 2.75) is 6.92 Å². The number of hydrazone groups is 1. The van der Waals surface area contributed by atoms with Gasteiger partial charge in [0.05, 0.1) is 41.9 Å². The molecule has 0 atom stereocenters. The molecule has 0 saturated heterocycles. The molecule has 31 heavy (non-hydrogen) atoms. The van der Waals surface area contributed by atoms with Crippen LogP contribution < -0.4 is 19.6 Å². The number of amides is 1. The molecule has 0 aliphatic carbocycles. The number of rotatable bonds is 10. The van der Waals surface area contributed by atoms with Crippen molar-refractivity contribution in [1.29, 1.82) is 0 Å². The standard InChI is InChI=1S/C18H18N4O9/c1-3-30-15-6-11(4-5-14(15)23)9-19-20-17(24)10-31-18-13(22(27)28)7-12(21(25)26)8-16(18)29-2/h4-9,23H,3,10H2,1-2H3,(H,20,24). The summed E-state index contributed by atoms with van der Waals surface area (Å²) in [6, 6.07) is 6.09. The minimum atomic E-state index is -0.887. The van der Waals surface area contributed by atoms with Crippen LogP contribution in [-0.4, -0.2) is 47.4 Å². The maximum atomic E-state index is 12.0. The van der Waals surface area contributed by atoms with E-state index in [-0.39, 0.29) is 17.2 Å². The maximum absolute atomic E-state index is 12.0. The highest BCUT2D eigenvalue weighted by Crippen LogP contribution is 2.40. The Bertz CT molecular complexity index is 1020. The summed E-state index contributed by atoms with van der Waals surface area (Å²) in [6.45, 7) is 1.43. The van der Waals surface area contributed by atoms with Crippen LogP contribution in [0.4, 0.5) is 11.4 Å². The molecule has 2 aromatic carbocycles. The van der Waals surface area contributed by atoms with Crippen LogP contribution in [0.1, 0.15) is 12.5 Å². The van der Waals surface area contributed by atoms with Gasteiger partial charge in [0.2, 0.25) is 5.75 Å². The first kappa shape index (κ1) is 22.9. The molecule has 2 rings (SSSR count). The number of carbonyl (C=O) groups is 1. The first-order valence-electron chi connectivity index (χ1n) is 8.68. The molecule has 0 aromatic heterocycles. The molecule has 0 fully saturated rings. The largest absolute Gasteiger partial charge is 0.504 e. The van der Waals surface area contributed by atoms with Crippen LogP contribution >= 0.6 is 0 Å². The number of hydrogen-bond acceptors (Lipinski definition) is 10. The van der Waals surface area contributed by atoms with E-state index in [1.807, 2.05) is 0 Å². The molecule has 0 heterocycles. The Labute approximate surface area is 175 Å². The minimum Gasteiger partial charge on any atom is -0.504 e. The number of phenols is 1. The van der Waals surface area contributed by atoms with E-state index in [0.29, 0.717) is 18.2 Å². The maximum Gasteiger partial charge on any atom is 0.321 e. The van der Waals surface area contributed by atoms with Crippen LogP contribution in [0.2, 0.25) is 0 Å². The lowest BCUT2D eigenvalue weighted by Crippen LogP contribution is -2.25. The number of nitro groups is 2. The molecule has 0 aliphatic rings. The van der Waals surface area contributed by atoms with Crippen molar-refractivity contribution in [3.05, 3.63) is 56.1 Å². The molecule has 0 radical (unpaired) electrons. The second kappa shape index (κ2) is 10.4. The highest BCUT2D eigenvalue weighted by Gasteiger charge is 2.27. The smallest absolute Gasteiger partial charge is 0.321 e. The molecule has 1 amide bonds. The lowest BCUT2D eigenvalue weighted by molar-refractivity contribution is -0.394. The summed E-state index contributed by atoms with van der Waals surface area (Å²) >= 11 is 0. The van der Waals surface area contributed by atoms with Crippen molar-refractivity contribution >= 4 is 23.5 Å². The Morgan fingerprint density at radius 1 is 1.16 bits per heavy atom. The van der Waals surface area contributed by atoms with E-state index in [9.17, 15) is 30.1 Å². The van der Waals surface area contributed by atoms with Crippen molar-refractivity contribution in [3.8, 4) is 23.0 Å².